The summed E-state index contributed by atoms with van der Waals surface area (Å²) in [5.74, 6) is 0.211. The van der Waals surface area contributed by atoms with Gasteiger partial charge in [-0.25, -0.2) is 4.79 Å². The SMILES string of the molecule is CCCCC(CC)COc1ccc(Br)c(C(=O)O)c1. The molecule has 1 rings (SSSR count). The van der Waals surface area contributed by atoms with Crippen molar-refractivity contribution >= 4 is 21.9 Å². The van der Waals surface area contributed by atoms with Crippen LogP contribution in [0.25, 0.3) is 0 Å². The molecule has 0 aliphatic carbocycles. The van der Waals surface area contributed by atoms with Crippen LogP contribution in [0.2, 0.25) is 0 Å². The van der Waals surface area contributed by atoms with Crippen molar-refractivity contribution < 1.29 is 14.6 Å². The van der Waals surface area contributed by atoms with Gasteiger partial charge < -0.3 is 9.84 Å². The Bertz CT molecular complexity index is 418. The third-order valence-electron chi connectivity index (χ3n) is 3.20. The van der Waals surface area contributed by atoms with E-state index in [0.717, 1.165) is 12.8 Å². The Morgan fingerprint density at radius 2 is 2.16 bits per heavy atom. The molecule has 0 spiro atoms. The third-order valence-corrected chi connectivity index (χ3v) is 3.89. The molecule has 0 amide bonds. The van der Waals surface area contributed by atoms with Crippen LogP contribution in [0, 0.1) is 5.92 Å². The van der Waals surface area contributed by atoms with Crippen LogP contribution < -0.4 is 4.74 Å². The summed E-state index contributed by atoms with van der Waals surface area (Å²) in [5.41, 5.74) is 0.235. The summed E-state index contributed by atoms with van der Waals surface area (Å²) < 4.78 is 6.29. The summed E-state index contributed by atoms with van der Waals surface area (Å²) in [4.78, 5) is 11.0. The average molecular weight is 329 g/mol. The van der Waals surface area contributed by atoms with Crippen LogP contribution >= 0.6 is 15.9 Å². The minimum atomic E-state index is -0.949. The van der Waals surface area contributed by atoms with E-state index in [0.29, 0.717) is 22.7 Å². The zero-order valence-corrected chi connectivity index (χ0v) is 13.1. The summed E-state index contributed by atoms with van der Waals surface area (Å²) in [6, 6.07) is 5.08. The molecule has 19 heavy (non-hydrogen) atoms. The van der Waals surface area contributed by atoms with Crippen LogP contribution in [0.15, 0.2) is 22.7 Å². The van der Waals surface area contributed by atoms with E-state index >= 15 is 0 Å². The predicted octanol–water partition coefficient (Wildman–Crippen LogP) is 4.74. The Kier molecular flexibility index (Phi) is 6.92. The number of ether oxygens (including phenoxy) is 1. The number of hydrogen-bond donors (Lipinski definition) is 1. The summed E-state index contributed by atoms with van der Waals surface area (Å²) in [6.45, 7) is 4.99. The van der Waals surface area contributed by atoms with Crippen LogP contribution in [-0.4, -0.2) is 17.7 Å². The fourth-order valence-corrected chi connectivity index (χ4v) is 2.29. The van der Waals surface area contributed by atoms with Gasteiger partial charge in [-0.2, -0.15) is 0 Å². The minimum Gasteiger partial charge on any atom is -0.493 e. The molecule has 1 unspecified atom stereocenters. The largest absolute Gasteiger partial charge is 0.493 e. The van der Waals surface area contributed by atoms with E-state index in [1.54, 1.807) is 18.2 Å². The summed E-state index contributed by atoms with van der Waals surface area (Å²) in [6.07, 6.45) is 4.65. The van der Waals surface area contributed by atoms with Crippen molar-refractivity contribution in [3.8, 4) is 5.75 Å². The number of hydrogen-bond acceptors (Lipinski definition) is 2. The Morgan fingerprint density at radius 1 is 1.42 bits per heavy atom. The van der Waals surface area contributed by atoms with E-state index in [2.05, 4.69) is 29.8 Å². The molecule has 1 N–H and O–H groups in total. The van der Waals surface area contributed by atoms with Crippen LogP contribution in [0.1, 0.15) is 49.9 Å². The first-order valence-corrected chi connectivity index (χ1v) is 7.53. The molecule has 0 fully saturated rings. The number of unbranched alkanes of at least 4 members (excludes halogenated alkanes) is 1. The molecule has 0 radical (unpaired) electrons. The van der Waals surface area contributed by atoms with Gasteiger partial charge in [-0.15, -0.1) is 0 Å². The molecular weight excluding hydrogens is 308 g/mol. The van der Waals surface area contributed by atoms with Gasteiger partial charge in [0, 0.05) is 4.47 Å². The molecule has 1 aromatic carbocycles. The number of carboxylic acid groups (broad SMARTS) is 1. The molecule has 0 saturated heterocycles. The molecule has 0 bridgehead atoms. The first-order valence-electron chi connectivity index (χ1n) is 6.74. The van der Waals surface area contributed by atoms with Gasteiger partial charge in [-0.1, -0.05) is 33.1 Å². The van der Waals surface area contributed by atoms with E-state index in [-0.39, 0.29) is 5.56 Å². The predicted molar refractivity (Wildman–Crippen MR) is 79.9 cm³/mol. The highest BCUT2D eigenvalue weighted by Gasteiger charge is 2.11. The lowest BCUT2D eigenvalue weighted by molar-refractivity contribution is 0.0695. The van der Waals surface area contributed by atoms with Crippen molar-refractivity contribution in [1.29, 1.82) is 0 Å². The number of carboxylic acids is 1. The van der Waals surface area contributed by atoms with Gasteiger partial charge in [0.25, 0.3) is 0 Å². The van der Waals surface area contributed by atoms with Crippen molar-refractivity contribution in [2.24, 2.45) is 5.92 Å². The highest BCUT2D eigenvalue weighted by atomic mass is 79.9. The fourth-order valence-electron chi connectivity index (χ4n) is 1.87. The molecule has 106 valence electrons. The Balaban J connectivity index is 2.61. The van der Waals surface area contributed by atoms with E-state index in [1.807, 2.05) is 0 Å². The molecule has 1 atom stereocenters. The highest BCUT2D eigenvalue weighted by Crippen LogP contribution is 2.23. The third kappa shape index (κ3) is 5.23. The second kappa shape index (κ2) is 8.20. The standard InChI is InChI=1S/C15H21BrO3/c1-3-5-6-11(4-2)10-19-12-7-8-14(16)13(9-12)15(17)18/h7-9,11H,3-6,10H2,1-2H3,(H,17,18). The van der Waals surface area contributed by atoms with Gasteiger partial charge in [0.2, 0.25) is 0 Å². The van der Waals surface area contributed by atoms with Crippen LogP contribution in [0.3, 0.4) is 0 Å². The molecule has 0 aromatic heterocycles. The normalized spacial score (nSPS) is 12.2. The maximum atomic E-state index is 11.0. The van der Waals surface area contributed by atoms with Crippen molar-refractivity contribution in [3.63, 3.8) is 0 Å². The van der Waals surface area contributed by atoms with E-state index in [1.165, 1.54) is 12.8 Å². The average Bonchev–Trinajstić information content (AvgIpc) is 2.40. The van der Waals surface area contributed by atoms with Crippen molar-refractivity contribution in [1.82, 2.24) is 0 Å². The number of aromatic carboxylic acids is 1. The topological polar surface area (TPSA) is 46.5 Å². The summed E-state index contributed by atoms with van der Waals surface area (Å²) in [7, 11) is 0. The van der Waals surface area contributed by atoms with E-state index in [4.69, 9.17) is 9.84 Å². The van der Waals surface area contributed by atoms with Gasteiger partial charge in [-0.05, 0) is 46.5 Å². The second-order valence-corrected chi connectivity index (χ2v) is 5.53. The zero-order chi connectivity index (χ0) is 14.3. The number of halogens is 1. The smallest absolute Gasteiger partial charge is 0.336 e. The van der Waals surface area contributed by atoms with Crippen LogP contribution in [0.5, 0.6) is 5.75 Å². The molecule has 1 aromatic rings. The quantitative estimate of drug-likeness (QED) is 0.749. The molecule has 4 heteroatoms. The number of benzene rings is 1. The lowest BCUT2D eigenvalue weighted by Crippen LogP contribution is -2.11. The Morgan fingerprint density at radius 3 is 2.74 bits per heavy atom. The maximum absolute atomic E-state index is 11.0. The molecule has 0 aliphatic heterocycles. The zero-order valence-electron chi connectivity index (χ0n) is 11.5. The van der Waals surface area contributed by atoms with Gasteiger partial charge >= 0.3 is 5.97 Å². The monoisotopic (exact) mass is 328 g/mol. The van der Waals surface area contributed by atoms with E-state index in [9.17, 15) is 4.79 Å². The highest BCUT2D eigenvalue weighted by molar-refractivity contribution is 9.10. The number of carbonyl (C=O) groups is 1. The molecule has 0 heterocycles. The summed E-state index contributed by atoms with van der Waals surface area (Å²) >= 11 is 3.22. The van der Waals surface area contributed by atoms with Gasteiger partial charge in [-0.3, -0.25) is 0 Å². The first kappa shape index (κ1) is 16.0. The van der Waals surface area contributed by atoms with E-state index < -0.39 is 5.97 Å². The molecule has 0 aliphatic rings. The minimum absolute atomic E-state index is 0.235. The van der Waals surface area contributed by atoms with Crippen LogP contribution in [0.4, 0.5) is 0 Å². The maximum Gasteiger partial charge on any atom is 0.336 e. The Hall–Kier alpha value is -1.03. The molecular formula is C15H21BrO3. The molecule has 0 saturated carbocycles. The van der Waals surface area contributed by atoms with Gasteiger partial charge in [0.15, 0.2) is 0 Å². The number of rotatable bonds is 8. The lowest BCUT2D eigenvalue weighted by Gasteiger charge is -2.16. The molecule has 3 nitrogen and oxygen atoms in total. The van der Waals surface area contributed by atoms with Crippen molar-refractivity contribution in [2.45, 2.75) is 39.5 Å². The van der Waals surface area contributed by atoms with Gasteiger partial charge in [0.1, 0.15) is 5.75 Å². The first-order chi connectivity index (χ1) is 9.08. The van der Waals surface area contributed by atoms with Crippen molar-refractivity contribution in [2.75, 3.05) is 6.61 Å². The van der Waals surface area contributed by atoms with Gasteiger partial charge in [0.05, 0.1) is 12.2 Å². The Labute approximate surface area is 123 Å². The second-order valence-electron chi connectivity index (χ2n) is 4.67. The van der Waals surface area contributed by atoms with Crippen molar-refractivity contribution in [3.05, 3.63) is 28.2 Å². The van der Waals surface area contributed by atoms with Crippen LogP contribution in [-0.2, 0) is 0 Å². The fraction of sp³-hybridized carbons (Fsp3) is 0.533. The lowest BCUT2D eigenvalue weighted by atomic mass is 10.0. The summed E-state index contributed by atoms with van der Waals surface area (Å²) in [5, 5.41) is 9.04.